The van der Waals surface area contributed by atoms with Crippen molar-refractivity contribution in [3.8, 4) is 0 Å². The molecule has 1 spiro atoms. The SMILES string of the molecule is CCCC[C@@H](C)C(=O)O[C@@H]1[C@H](C)[C@@H](CC)O[C@@]2(C[C@@H]3C[C@@H](C/C=C(\C)C[C@@H](C)/C=C/C=C4\CO[C@@H]5[C@H](O)C(C)=C[C@H](C(=O)O3)[C@]45O)O2)[C@H]1O. The minimum absolute atomic E-state index is 0.0145. The van der Waals surface area contributed by atoms with Crippen LogP contribution in [-0.2, 0) is 33.3 Å². The van der Waals surface area contributed by atoms with Crippen molar-refractivity contribution in [3.05, 3.63) is 47.1 Å². The maximum atomic E-state index is 14.2. The van der Waals surface area contributed by atoms with Gasteiger partial charge in [-0.05, 0) is 56.6 Å². The molecule has 10 heteroatoms. The van der Waals surface area contributed by atoms with Gasteiger partial charge in [0.25, 0.3) is 0 Å². The van der Waals surface area contributed by atoms with Gasteiger partial charge in [-0.3, -0.25) is 9.59 Å². The van der Waals surface area contributed by atoms with Gasteiger partial charge in [0.2, 0.25) is 5.79 Å². The van der Waals surface area contributed by atoms with Crippen LogP contribution in [0.2, 0.25) is 0 Å². The lowest BCUT2D eigenvalue weighted by atomic mass is 9.71. The highest BCUT2D eigenvalue weighted by molar-refractivity contribution is 5.78. The van der Waals surface area contributed by atoms with Gasteiger partial charge < -0.3 is 39.0 Å². The fourth-order valence-electron chi connectivity index (χ4n) is 8.32. The fourth-order valence-corrected chi connectivity index (χ4v) is 8.32. The molecule has 0 amide bonds. The van der Waals surface area contributed by atoms with Crippen LogP contribution in [0.5, 0.6) is 0 Å². The second kappa shape index (κ2) is 15.5. The van der Waals surface area contributed by atoms with Crippen LogP contribution in [0.3, 0.4) is 0 Å². The summed E-state index contributed by atoms with van der Waals surface area (Å²) < 4.78 is 31.6. The van der Waals surface area contributed by atoms with E-state index in [4.69, 9.17) is 23.7 Å². The first kappa shape index (κ1) is 37.9. The lowest BCUT2D eigenvalue weighted by molar-refractivity contribution is -0.385. The molecule has 5 aliphatic rings. The molecule has 274 valence electrons. The molecule has 3 saturated heterocycles. The van der Waals surface area contributed by atoms with Crippen molar-refractivity contribution in [2.24, 2.45) is 23.7 Å². The zero-order valence-electron chi connectivity index (χ0n) is 30.3. The summed E-state index contributed by atoms with van der Waals surface area (Å²) in [7, 11) is 0. The van der Waals surface area contributed by atoms with E-state index in [9.17, 15) is 24.9 Å². The van der Waals surface area contributed by atoms with E-state index in [1.807, 2.05) is 32.9 Å². The number of unbranched alkanes of at least 4 members (excludes halogenated alkanes) is 1. The predicted octanol–water partition coefficient (Wildman–Crippen LogP) is 5.24. The molecule has 49 heavy (non-hydrogen) atoms. The molecule has 13 atom stereocenters. The summed E-state index contributed by atoms with van der Waals surface area (Å²) in [6, 6.07) is 0. The molecule has 10 nitrogen and oxygen atoms in total. The molecular weight excluding hydrogens is 628 g/mol. The average molecular weight is 687 g/mol. The number of hydrogen-bond donors (Lipinski definition) is 3. The van der Waals surface area contributed by atoms with Crippen molar-refractivity contribution in [3.63, 3.8) is 0 Å². The molecular formula is C39H58O10. The zero-order chi connectivity index (χ0) is 35.7. The maximum absolute atomic E-state index is 14.2. The molecule has 0 saturated carbocycles. The number of fused-ring (bicyclic) bond motifs is 2. The van der Waals surface area contributed by atoms with Gasteiger partial charge in [-0.15, -0.1) is 0 Å². The Bertz CT molecular complexity index is 1330. The second-order valence-corrected chi connectivity index (χ2v) is 15.3. The Morgan fingerprint density at radius 1 is 1.14 bits per heavy atom. The van der Waals surface area contributed by atoms with Gasteiger partial charge >= 0.3 is 11.9 Å². The number of hydrogen-bond acceptors (Lipinski definition) is 10. The number of rotatable bonds is 6. The Morgan fingerprint density at radius 3 is 2.61 bits per heavy atom. The minimum Gasteiger partial charge on any atom is -0.462 e. The van der Waals surface area contributed by atoms with Crippen LogP contribution in [0.1, 0.15) is 99.8 Å². The van der Waals surface area contributed by atoms with E-state index in [1.165, 1.54) is 0 Å². The Morgan fingerprint density at radius 2 is 1.90 bits per heavy atom. The second-order valence-electron chi connectivity index (χ2n) is 15.3. The molecule has 4 aliphatic heterocycles. The van der Waals surface area contributed by atoms with E-state index >= 15 is 0 Å². The molecule has 3 N–H and O–H groups in total. The molecule has 3 fully saturated rings. The standard InChI is InChI=1S/C39H58O10/c1-8-10-13-24(5)36(42)47-33-26(7)31(9-2)49-38(34(33)41)20-29-19-28(48-38)16-15-23(4)17-22(3)12-11-14-27-21-45-35-32(40)25(6)18-30(37(43)46-29)39(27,35)44/h11-12,14-15,18,22,24,26,28-35,40-41,44H,8-10,13,16-17,19-21H2,1-7H3/b12-11+,23-15+,27-14+/t22-,24+,26+,28+,29-,30+,31+,32+,33+,34-,35+,38-,39+/m0/s1. The summed E-state index contributed by atoms with van der Waals surface area (Å²) >= 11 is 0. The van der Waals surface area contributed by atoms with Crippen LogP contribution in [0.4, 0.5) is 0 Å². The number of allylic oxidation sites excluding steroid dienone is 4. The van der Waals surface area contributed by atoms with Crippen molar-refractivity contribution >= 4 is 11.9 Å². The lowest BCUT2D eigenvalue weighted by Gasteiger charge is -2.54. The van der Waals surface area contributed by atoms with Gasteiger partial charge in [0, 0.05) is 18.8 Å². The third-order valence-electron chi connectivity index (χ3n) is 11.3. The van der Waals surface area contributed by atoms with Gasteiger partial charge in [0.15, 0.2) is 0 Å². The highest BCUT2D eigenvalue weighted by atomic mass is 16.7. The van der Waals surface area contributed by atoms with Crippen LogP contribution < -0.4 is 0 Å². The van der Waals surface area contributed by atoms with Crippen molar-refractivity contribution < 1.29 is 48.6 Å². The maximum Gasteiger partial charge on any atom is 0.316 e. The number of carbonyl (C=O) groups excluding carboxylic acids is 2. The van der Waals surface area contributed by atoms with E-state index in [2.05, 4.69) is 26.8 Å². The van der Waals surface area contributed by atoms with Crippen LogP contribution >= 0.6 is 0 Å². The third kappa shape index (κ3) is 7.65. The van der Waals surface area contributed by atoms with E-state index < -0.39 is 59.9 Å². The van der Waals surface area contributed by atoms with E-state index in [0.29, 0.717) is 36.8 Å². The van der Waals surface area contributed by atoms with Crippen LogP contribution in [0, 0.1) is 23.7 Å². The van der Waals surface area contributed by atoms with Crippen LogP contribution in [0.25, 0.3) is 0 Å². The van der Waals surface area contributed by atoms with Gasteiger partial charge in [-0.2, -0.15) is 0 Å². The summed E-state index contributed by atoms with van der Waals surface area (Å²) in [4.78, 5) is 27.4. The fraction of sp³-hybridized carbons (Fsp3) is 0.744. The normalized spacial score (nSPS) is 44.8. The Hall–Kier alpha value is -2.34. The van der Waals surface area contributed by atoms with Crippen molar-refractivity contribution in [2.45, 2.75) is 154 Å². The minimum atomic E-state index is -1.81. The molecule has 4 heterocycles. The monoisotopic (exact) mass is 686 g/mol. The first-order valence-corrected chi connectivity index (χ1v) is 18.4. The van der Waals surface area contributed by atoms with Gasteiger partial charge in [0.05, 0.1) is 24.7 Å². The Labute approximate surface area is 291 Å². The van der Waals surface area contributed by atoms with Crippen molar-refractivity contribution in [1.29, 1.82) is 0 Å². The van der Waals surface area contributed by atoms with Gasteiger partial charge in [0.1, 0.15) is 42.0 Å². The number of esters is 2. The van der Waals surface area contributed by atoms with Gasteiger partial charge in [-0.1, -0.05) is 83.4 Å². The Balaban J connectivity index is 1.51. The van der Waals surface area contributed by atoms with E-state index in [-0.39, 0.29) is 42.9 Å². The van der Waals surface area contributed by atoms with Crippen molar-refractivity contribution in [1.82, 2.24) is 0 Å². The first-order valence-electron chi connectivity index (χ1n) is 18.4. The summed E-state index contributed by atoms with van der Waals surface area (Å²) in [5.41, 5.74) is 0.360. The van der Waals surface area contributed by atoms with Crippen molar-refractivity contribution in [2.75, 3.05) is 6.61 Å². The molecule has 1 aliphatic carbocycles. The first-order chi connectivity index (χ1) is 23.2. The topological polar surface area (TPSA) is 141 Å². The summed E-state index contributed by atoms with van der Waals surface area (Å²) in [6.45, 7) is 13.8. The smallest absolute Gasteiger partial charge is 0.316 e. The Kier molecular flexibility index (Phi) is 12.0. The molecule has 0 aromatic rings. The number of aliphatic hydroxyl groups excluding tert-OH is 2. The van der Waals surface area contributed by atoms with E-state index in [1.54, 1.807) is 19.1 Å². The molecule has 2 bridgehead atoms. The van der Waals surface area contributed by atoms with Gasteiger partial charge in [-0.25, -0.2) is 0 Å². The number of carbonyl (C=O) groups is 2. The summed E-state index contributed by atoms with van der Waals surface area (Å²) in [5.74, 6) is -4.19. The number of ether oxygens (including phenoxy) is 5. The lowest BCUT2D eigenvalue weighted by Crippen LogP contribution is -2.67. The molecule has 0 aromatic carbocycles. The summed E-state index contributed by atoms with van der Waals surface area (Å²) in [5, 5.41) is 35.3. The number of aliphatic hydroxyl groups is 3. The molecule has 0 aromatic heterocycles. The highest BCUT2D eigenvalue weighted by Crippen LogP contribution is 2.48. The zero-order valence-corrected chi connectivity index (χ0v) is 30.3. The molecule has 0 unspecified atom stereocenters. The highest BCUT2D eigenvalue weighted by Gasteiger charge is 2.62. The molecule has 5 rings (SSSR count). The third-order valence-corrected chi connectivity index (χ3v) is 11.3. The largest absolute Gasteiger partial charge is 0.462 e. The summed E-state index contributed by atoms with van der Waals surface area (Å²) in [6.07, 6.45) is 8.27. The van der Waals surface area contributed by atoms with E-state index in [0.717, 1.165) is 24.8 Å². The average Bonchev–Trinajstić information content (AvgIpc) is 3.40. The quantitative estimate of drug-likeness (QED) is 0.251. The molecule has 0 radical (unpaired) electrons. The van der Waals surface area contributed by atoms with Crippen LogP contribution in [-0.4, -0.2) is 88.0 Å². The predicted molar refractivity (Wildman–Crippen MR) is 183 cm³/mol. The van der Waals surface area contributed by atoms with Crippen LogP contribution in [0.15, 0.2) is 47.1 Å².